The molecule has 0 aliphatic rings. The average molecular weight is 286 g/mol. The molecule has 1 aromatic rings. The van der Waals surface area contributed by atoms with E-state index < -0.39 is 0 Å². The summed E-state index contributed by atoms with van der Waals surface area (Å²) in [5.74, 6) is 1.44. The number of thioether (sulfide) groups is 1. The zero-order valence-corrected chi connectivity index (χ0v) is 13.0. The number of nitrogens with one attached hydrogen (secondary N) is 1. The van der Waals surface area contributed by atoms with Crippen LogP contribution in [0.5, 0.6) is 0 Å². The molecule has 7 heteroatoms. The van der Waals surface area contributed by atoms with E-state index in [0.29, 0.717) is 11.5 Å². The molecule has 108 valence electrons. The summed E-state index contributed by atoms with van der Waals surface area (Å²) in [7, 11) is 0. The summed E-state index contributed by atoms with van der Waals surface area (Å²) < 4.78 is 1.70. The number of nitrogens with zero attached hydrogens (tertiary/aromatic N) is 3. The SMILES string of the molecule is CCC(CSC)Nc1c([N+](=O)[O-])c(C)nn1C(C)C. The van der Waals surface area contributed by atoms with Gasteiger partial charge in [-0.1, -0.05) is 6.92 Å². The van der Waals surface area contributed by atoms with Crippen LogP contribution in [0.1, 0.15) is 38.9 Å². The summed E-state index contributed by atoms with van der Waals surface area (Å²) in [6, 6.07) is 0.295. The number of anilines is 1. The maximum Gasteiger partial charge on any atom is 0.333 e. The molecule has 19 heavy (non-hydrogen) atoms. The molecule has 0 aromatic carbocycles. The fourth-order valence-corrected chi connectivity index (χ4v) is 2.64. The highest BCUT2D eigenvalue weighted by molar-refractivity contribution is 7.98. The predicted molar refractivity (Wildman–Crippen MR) is 80.1 cm³/mol. The van der Waals surface area contributed by atoms with E-state index in [0.717, 1.165) is 12.2 Å². The standard InChI is InChI=1S/C12H22N4O2S/c1-6-10(7-19-5)13-12-11(16(17)18)9(4)14-15(12)8(2)3/h8,10,13H,6-7H2,1-5H3. The molecular weight excluding hydrogens is 264 g/mol. The first kappa shape index (κ1) is 15.8. The van der Waals surface area contributed by atoms with Gasteiger partial charge in [0.2, 0.25) is 5.82 Å². The Morgan fingerprint density at radius 2 is 2.16 bits per heavy atom. The lowest BCUT2D eigenvalue weighted by molar-refractivity contribution is -0.384. The zero-order chi connectivity index (χ0) is 14.6. The molecule has 1 rings (SSSR count). The number of aromatic nitrogens is 2. The molecule has 6 nitrogen and oxygen atoms in total. The average Bonchev–Trinajstić information content (AvgIpc) is 2.65. The Morgan fingerprint density at radius 1 is 1.53 bits per heavy atom. The topological polar surface area (TPSA) is 73.0 Å². The second-order valence-corrected chi connectivity index (χ2v) is 5.69. The van der Waals surface area contributed by atoms with Crippen molar-refractivity contribution in [1.82, 2.24) is 9.78 Å². The molecule has 0 amide bonds. The van der Waals surface area contributed by atoms with Crippen molar-refractivity contribution >= 4 is 23.3 Å². The van der Waals surface area contributed by atoms with Crippen LogP contribution < -0.4 is 5.32 Å². The number of hydrogen-bond acceptors (Lipinski definition) is 5. The van der Waals surface area contributed by atoms with E-state index in [1.807, 2.05) is 20.1 Å². The first-order valence-corrected chi connectivity index (χ1v) is 7.80. The Kier molecular flexibility index (Phi) is 5.65. The number of rotatable bonds is 7. The van der Waals surface area contributed by atoms with Crippen LogP contribution in [0, 0.1) is 17.0 Å². The van der Waals surface area contributed by atoms with E-state index in [1.165, 1.54) is 0 Å². The van der Waals surface area contributed by atoms with Gasteiger partial charge in [0.1, 0.15) is 5.69 Å². The van der Waals surface area contributed by atoms with Gasteiger partial charge in [0, 0.05) is 17.8 Å². The minimum absolute atomic E-state index is 0.0849. The molecule has 1 unspecified atom stereocenters. The Morgan fingerprint density at radius 3 is 2.58 bits per heavy atom. The lowest BCUT2D eigenvalue weighted by Crippen LogP contribution is -2.24. The third-order valence-electron chi connectivity index (χ3n) is 2.93. The van der Waals surface area contributed by atoms with E-state index in [4.69, 9.17) is 0 Å². The van der Waals surface area contributed by atoms with Crippen molar-refractivity contribution in [3.05, 3.63) is 15.8 Å². The van der Waals surface area contributed by atoms with Crippen LogP contribution in [-0.2, 0) is 0 Å². The molecule has 0 saturated heterocycles. The van der Waals surface area contributed by atoms with Crippen LogP contribution in [0.25, 0.3) is 0 Å². The summed E-state index contributed by atoms with van der Waals surface area (Å²) in [4.78, 5) is 10.9. The van der Waals surface area contributed by atoms with Crippen LogP contribution in [0.3, 0.4) is 0 Å². The minimum Gasteiger partial charge on any atom is -0.361 e. The Bertz CT molecular complexity index is 445. The van der Waals surface area contributed by atoms with E-state index in [1.54, 1.807) is 23.4 Å². The van der Waals surface area contributed by atoms with Gasteiger partial charge in [-0.25, -0.2) is 4.68 Å². The fourth-order valence-electron chi connectivity index (χ4n) is 1.92. The van der Waals surface area contributed by atoms with Gasteiger partial charge in [-0.15, -0.1) is 0 Å². The fraction of sp³-hybridized carbons (Fsp3) is 0.750. The van der Waals surface area contributed by atoms with Crippen molar-refractivity contribution in [2.24, 2.45) is 0 Å². The molecule has 0 spiro atoms. The minimum atomic E-state index is -0.352. The van der Waals surface area contributed by atoms with Crippen molar-refractivity contribution < 1.29 is 4.92 Å². The second kappa shape index (κ2) is 6.79. The monoisotopic (exact) mass is 286 g/mol. The molecule has 1 aromatic heterocycles. The zero-order valence-electron chi connectivity index (χ0n) is 12.1. The van der Waals surface area contributed by atoms with Crippen molar-refractivity contribution in [2.75, 3.05) is 17.3 Å². The molecule has 1 heterocycles. The van der Waals surface area contributed by atoms with E-state index in [-0.39, 0.29) is 22.7 Å². The Hall–Kier alpha value is -1.24. The first-order valence-electron chi connectivity index (χ1n) is 6.41. The molecule has 0 bridgehead atoms. The predicted octanol–water partition coefficient (Wildman–Crippen LogP) is 3.23. The normalized spacial score (nSPS) is 12.7. The largest absolute Gasteiger partial charge is 0.361 e. The smallest absolute Gasteiger partial charge is 0.333 e. The van der Waals surface area contributed by atoms with Crippen LogP contribution >= 0.6 is 11.8 Å². The maximum atomic E-state index is 11.2. The van der Waals surface area contributed by atoms with Gasteiger partial charge < -0.3 is 5.32 Å². The quantitative estimate of drug-likeness (QED) is 0.615. The Labute approximate surface area is 118 Å². The van der Waals surface area contributed by atoms with Crippen LogP contribution in [0.2, 0.25) is 0 Å². The van der Waals surface area contributed by atoms with E-state index >= 15 is 0 Å². The van der Waals surface area contributed by atoms with Crippen molar-refractivity contribution in [1.29, 1.82) is 0 Å². The molecule has 0 aliphatic carbocycles. The lowest BCUT2D eigenvalue weighted by atomic mass is 10.2. The van der Waals surface area contributed by atoms with Gasteiger partial charge in [-0.2, -0.15) is 16.9 Å². The molecular formula is C12H22N4O2S. The summed E-state index contributed by atoms with van der Waals surface area (Å²) in [5, 5.41) is 18.8. The Balaban J connectivity index is 3.17. The van der Waals surface area contributed by atoms with E-state index in [2.05, 4.69) is 17.3 Å². The third kappa shape index (κ3) is 3.62. The highest BCUT2D eigenvalue weighted by Crippen LogP contribution is 2.31. The summed E-state index contributed by atoms with van der Waals surface area (Å²) in [5.41, 5.74) is 0.549. The van der Waals surface area contributed by atoms with Gasteiger partial charge >= 0.3 is 5.69 Å². The second-order valence-electron chi connectivity index (χ2n) is 4.78. The van der Waals surface area contributed by atoms with Crippen molar-refractivity contribution in [2.45, 2.75) is 46.2 Å². The first-order chi connectivity index (χ1) is 8.92. The molecule has 0 radical (unpaired) electrons. The van der Waals surface area contributed by atoms with Gasteiger partial charge in [0.05, 0.1) is 4.92 Å². The van der Waals surface area contributed by atoms with Crippen LogP contribution in [0.4, 0.5) is 11.5 Å². The van der Waals surface area contributed by atoms with Crippen molar-refractivity contribution in [3.8, 4) is 0 Å². The van der Waals surface area contributed by atoms with E-state index in [9.17, 15) is 10.1 Å². The highest BCUT2D eigenvalue weighted by Gasteiger charge is 2.27. The molecule has 1 atom stereocenters. The van der Waals surface area contributed by atoms with Gasteiger partial charge in [0.25, 0.3) is 0 Å². The van der Waals surface area contributed by atoms with Crippen molar-refractivity contribution in [3.63, 3.8) is 0 Å². The molecule has 0 fully saturated rings. The van der Waals surface area contributed by atoms with Gasteiger partial charge in [0.15, 0.2) is 0 Å². The number of nitro groups is 1. The van der Waals surface area contributed by atoms with Gasteiger partial charge in [-0.05, 0) is 33.4 Å². The summed E-state index contributed by atoms with van der Waals surface area (Å²) in [6.07, 6.45) is 2.95. The number of hydrogen-bond donors (Lipinski definition) is 1. The highest BCUT2D eigenvalue weighted by atomic mass is 32.2. The number of aryl methyl sites for hydroxylation is 1. The maximum absolute atomic E-state index is 11.2. The van der Waals surface area contributed by atoms with Crippen LogP contribution in [-0.4, -0.2) is 32.8 Å². The lowest BCUT2D eigenvalue weighted by Gasteiger charge is -2.18. The molecule has 1 N–H and O–H groups in total. The third-order valence-corrected chi connectivity index (χ3v) is 3.66. The summed E-state index contributed by atoms with van der Waals surface area (Å²) >= 11 is 1.73. The van der Waals surface area contributed by atoms with Crippen LogP contribution in [0.15, 0.2) is 0 Å². The van der Waals surface area contributed by atoms with Gasteiger partial charge in [-0.3, -0.25) is 10.1 Å². The molecule has 0 aliphatic heterocycles. The molecule has 0 saturated carbocycles. The summed E-state index contributed by atoms with van der Waals surface area (Å²) in [6.45, 7) is 7.69.